The van der Waals surface area contributed by atoms with E-state index in [1.165, 1.54) is 11.1 Å². The van der Waals surface area contributed by atoms with Gasteiger partial charge in [0.25, 0.3) is 0 Å². The summed E-state index contributed by atoms with van der Waals surface area (Å²) in [6, 6.07) is 8.08. The van der Waals surface area contributed by atoms with Crippen molar-refractivity contribution in [2.24, 2.45) is 11.5 Å². The number of nitrogens with zero attached hydrogens (tertiary/aromatic N) is 1. The third-order valence-corrected chi connectivity index (χ3v) is 3.63. The number of carbonyl (C=O) groups is 1. The van der Waals surface area contributed by atoms with Crippen molar-refractivity contribution in [3.05, 3.63) is 35.4 Å². The molecular weight excluding hydrogens is 226 g/mol. The van der Waals surface area contributed by atoms with Gasteiger partial charge in [0.2, 0.25) is 5.91 Å². The van der Waals surface area contributed by atoms with Crippen molar-refractivity contribution in [3.8, 4) is 0 Å². The molecule has 1 aromatic carbocycles. The highest BCUT2D eigenvalue weighted by molar-refractivity contribution is 5.79. The average molecular weight is 247 g/mol. The molecule has 0 aliphatic carbocycles. The number of hydrogen-bond acceptors (Lipinski definition) is 3. The molecule has 1 aromatic rings. The highest BCUT2D eigenvalue weighted by atomic mass is 16.1. The largest absolute Gasteiger partial charge is 0.368 e. The van der Waals surface area contributed by atoms with Crippen LogP contribution in [0, 0.1) is 0 Å². The molecule has 4 heteroatoms. The van der Waals surface area contributed by atoms with E-state index in [9.17, 15) is 4.79 Å². The van der Waals surface area contributed by atoms with E-state index < -0.39 is 11.9 Å². The molecule has 18 heavy (non-hydrogen) atoms. The van der Waals surface area contributed by atoms with Crippen molar-refractivity contribution < 1.29 is 4.79 Å². The summed E-state index contributed by atoms with van der Waals surface area (Å²) in [5.74, 6) is -0.409. The molecule has 4 N–H and O–H groups in total. The van der Waals surface area contributed by atoms with Gasteiger partial charge in [0.15, 0.2) is 0 Å². The maximum Gasteiger partial charge on any atom is 0.234 e. The molecule has 0 saturated carbocycles. The van der Waals surface area contributed by atoms with E-state index >= 15 is 0 Å². The van der Waals surface area contributed by atoms with Crippen LogP contribution in [0.2, 0.25) is 0 Å². The Kier molecular flexibility index (Phi) is 4.33. The van der Waals surface area contributed by atoms with Gasteiger partial charge in [-0.1, -0.05) is 24.3 Å². The van der Waals surface area contributed by atoms with Gasteiger partial charge >= 0.3 is 0 Å². The van der Waals surface area contributed by atoms with Crippen LogP contribution in [0.15, 0.2) is 24.3 Å². The lowest BCUT2D eigenvalue weighted by atomic mass is 10.0. The second-order valence-corrected chi connectivity index (χ2v) is 4.91. The number of fused-ring (bicyclic) bond motifs is 1. The molecule has 1 heterocycles. The summed E-state index contributed by atoms with van der Waals surface area (Å²) in [6.07, 6.45) is 2.79. The first-order chi connectivity index (χ1) is 8.66. The summed E-state index contributed by atoms with van der Waals surface area (Å²) >= 11 is 0. The van der Waals surface area contributed by atoms with E-state index in [4.69, 9.17) is 11.5 Å². The molecular formula is C14H21N3O. The summed E-state index contributed by atoms with van der Waals surface area (Å²) < 4.78 is 0. The third kappa shape index (κ3) is 3.31. The van der Waals surface area contributed by atoms with Crippen LogP contribution >= 0.6 is 0 Å². The van der Waals surface area contributed by atoms with Crippen LogP contribution < -0.4 is 11.5 Å². The Balaban J connectivity index is 1.86. The summed E-state index contributed by atoms with van der Waals surface area (Å²) in [6.45, 7) is 2.91. The lowest BCUT2D eigenvalue weighted by Crippen LogP contribution is -2.40. The van der Waals surface area contributed by atoms with Crippen molar-refractivity contribution in [3.63, 3.8) is 0 Å². The fourth-order valence-corrected chi connectivity index (χ4v) is 2.40. The lowest BCUT2D eigenvalue weighted by molar-refractivity contribution is -0.119. The first-order valence-corrected chi connectivity index (χ1v) is 6.51. The molecule has 1 atom stereocenters. The monoisotopic (exact) mass is 247 g/mol. The summed E-state index contributed by atoms with van der Waals surface area (Å²) in [4.78, 5) is 13.3. The van der Waals surface area contributed by atoms with Crippen LogP contribution in [0.25, 0.3) is 0 Å². The van der Waals surface area contributed by atoms with Gasteiger partial charge in [0.05, 0.1) is 6.04 Å². The van der Waals surface area contributed by atoms with Gasteiger partial charge in [0, 0.05) is 19.6 Å². The normalized spacial score (nSPS) is 17.8. The second kappa shape index (κ2) is 5.98. The molecule has 1 unspecified atom stereocenters. The molecule has 0 fully saturated rings. The molecule has 1 amide bonds. The van der Waals surface area contributed by atoms with Crippen molar-refractivity contribution in [1.29, 1.82) is 0 Å². The molecule has 0 aromatic heterocycles. The number of primary amides is 1. The number of hydrogen-bond donors (Lipinski definition) is 2. The third-order valence-electron chi connectivity index (χ3n) is 3.63. The zero-order valence-electron chi connectivity index (χ0n) is 10.6. The van der Waals surface area contributed by atoms with Crippen LogP contribution in [0.3, 0.4) is 0 Å². The molecule has 0 bridgehead atoms. The molecule has 1 aliphatic rings. The molecule has 0 radical (unpaired) electrons. The highest BCUT2D eigenvalue weighted by Gasteiger charge is 2.15. The fourth-order valence-electron chi connectivity index (χ4n) is 2.40. The van der Waals surface area contributed by atoms with Crippen LogP contribution in [0.1, 0.15) is 17.5 Å². The van der Waals surface area contributed by atoms with Crippen molar-refractivity contribution >= 4 is 5.91 Å². The van der Waals surface area contributed by atoms with Gasteiger partial charge in [-0.15, -0.1) is 0 Å². The van der Waals surface area contributed by atoms with Crippen LogP contribution in [-0.4, -0.2) is 36.5 Å². The van der Waals surface area contributed by atoms with E-state index in [-0.39, 0.29) is 0 Å². The summed E-state index contributed by atoms with van der Waals surface area (Å²) in [5.41, 5.74) is 13.7. The standard InChI is InChI=1S/C14H21N3O/c15-13(14(16)18)7-10-17-8-5-11-3-1-2-4-12(11)6-9-17/h1-4,13H,5-10,15H2,(H2,16,18). The Morgan fingerprint density at radius 3 is 2.28 bits per heavy atom. The zero-order chi connectivity index (χ0) is 13.0. The summed E-state index contributed by atoms with van der Waals surface area (Å²) in [5, 5.41) is 0. The lowest BCUT2D eigenvalue weighted by Gasteiger charge is -2.20. The second-order valence-electron chi connectivity index (χ2n) is 4.91. The molecule has 4 nitrogen and oxygen atoms in total. The smallest absolute Gasteiger partial charge is 0.234 e. The molecule has 0 saturated heterocycles. The first kappa shape index (κ1) is 13.1. The number of carbonyl (C=O) groups excluding carboxylic acids is 1. The first-order valence-electron chi connectivity index (χ1n) is 6.51. The quantitative estimate of drug-likeness (QED) is 0.803. The van der Waals surface area contributed by atoms with Crippen LogP contribution in [-0.2, 0) is 17.6 Å². The zero-order valence-corrected chi connectivity index (χ0v) is 10.6. The minimum absolute atomic E-state index is 0.409. The number of amides is 1. The fraction of sp³-hybridized carbons (Fsp3) is 0.500. The molecule has 98 valence electrons. The van der Waals surface area contributed by atoms with Gasteiger partial charge in [-0.05, 0) is 30.4 Å². The average Bonchev–Trinajstić information content (AvgIpc) is 2.58. The van der Waals surface area contributed by atoms with Crippen molar-refractivity contribution in [1.82, 2.24) is 4.90 Å². The highest BCUT2D eigenvalue weighted by Crippen LogP contribution is 2.15. The maximum atomic E-state index is 10.9. The van der Waals surface area contributed by atoms with E-state index in [0.717, 1.165) is 32.5 Å². The molecule has 0 spiro atoms. The summed E-state index contributed by atoms with van der Waals surface area (Å²) in [7, 11) is 0. The van der Waals surface area contributed by atoms with E-state index in [1.54, 1.807) is 0 Å². The number of rotatable bonds is 4. The Bertz CT molecular complexity index is 392. The Labute approximate surface area is 108 Å². The van der Waals surface area contributed by atoms with Gasteiger partial charge in [-0.3, -0.25) is 4.79 Å². The molecule has 1 aliphatic heterocycles. The van der Waals surface area contributed by atoms with Gasteiger partial charge in [-0.2, -0.15) is 0 Å². The van der Waals surface area contributed by atoms with E-state index in [0.29, 0.717) is 6.42 Å². The minimum atomic E-state index is -0.518. The predicted octanol–water partition coefficient (Wildman–Crippen LogP) is 0.290. The van der Waals surface area contributed by atoms with E-state index in [1.807, 2.05) is 0 Å². The predicted molar refractivity (Wildman–Crippen MR) is 72.1 cm³/mol. The Hall–Kier alpha value is -1.39. The van der Waals surface area contributed by atoms with Gasteiger partial charge in [-0.25, -0.2) is 0 Å². The maximum absolute atomic E-state index is 10.9. The number of benzene rings is 1. The topological polar surface area (TPSA) is 72.3 Å². The van der Waals surface area contributed by atoms with Crippen molar-refractivity contribution in [2.45, 2.75) is 25.3 Å². The van der Waals surface area contributed by atoms with Crippen LogP contribution in [0.4, 0.5) is 0 Å². The van der Waals surface area contributed by atoms with Gasteiger partial charge < -0.3 is 16.4 Å². The Morgan fingerprint density at radius 2 is 1.78 bits per heavy atom. The van der Waals surface area contributed by atoms with Gasteiger partial charge in [0.1, 0.15) is 0 Å². The Morgan fingerprint density at radius 1 is 1.22 bits per heavy atom. The molecule has 2 rings (SSSR count). The van der Waals surface area contributed by atoms with E-state index in [2.05, 4.69) is 29.2 Å². The minimum Gasteiger partial charge on any atom is -0.368 e. The number of nitrogens with two attached hydrogens (primary N) is 2. The van der Waals surface area contributed by atoms with Crippen molar-refractivity contribution in [2.75, 3.05) is 19.6 Å². The van der Waals surface area contributed by atoms with Crippen LogP contribution in [0.5, 0.6) is 0 Å². The SMILES string of the molecule is NC(=O)C(N)CCN1CCc2ccccc2CC1.